The summed E-state index contributed by atoms with van der Waals surface area (Å²) in [4.78, 5) is 17.9. The Kier molecular flexibility index (Phi) is 3.96. The lowest BCUT2D eigenvalue weighted by molar-refractivity contribution is 0.0546. The molecule has 3 rings (SSSR count). The molecule has 1 aromatic carbocycles. The molecule has 1 aliphatic heterocycles. The standard InChI is InChI=1S/C16H18N2O4/c19-9-10-5-6-18(8-14(10)20)15-7-12(16(21)22)11-3-1-2-4-13(11)17-15/h1-4,7,10,14,19-20H,5-6,8-9H2,(H,21,22)/t10-,14-/m1/s1. The van der Waals surface area contributed by atoms with E-state index in [0.29, 0.717) is 36.2 Å². The molecule has 1 fully saturated rings. The Morgan fingerprint density at radius 1 is 1.36 bits per heavy atom. The number of hydrogen-bond donors (Lipinski definition) is 3. The molecule has 1 saturated heterocycles. The van der Waals surface area contributed by atoms with Gasteiger partial charge < -0.3 is 20.2 Å². The first kappa shape index (κ1) is 14.7. The first-order valence-corrected chi connectivity index (χ1v) is 7.27. The van der Waals surface area contributed by atoms with E-state index in [1.807, 2.05) is 11.0 Å². The van der Waals surface area contributed by atoms with Gasteiger partial charge in [0.2, 0.25) is 0 Å². The van der Waals surface area contributed by atoms with Crippen LogP contribution in [0.4, 0.5) is 5.82 Å². The normalized spacial score (nSPS) is 22.0. The molecule has 116 valence electrons. The molecule has 1 aromatic heterocycles. The minimum absolute atomic E-state index is 0.0411. The summed E-state index contributed by atoms with van der Waals surface area (Å²) in [7, 11) is 0. The molecule has 22 heavy (non-hydrogen) atoms. The second-order valence-corrected chi connectivity index (χ2v) is 5.60. The van der Waals surface area contributed by atoms with E-state index in [2.05, 4.69) is 4.98 Å². The molecule has 2 atom stereocenters. The molecule has 2 heterocycles. The molecule has 0 amide bonds. The number of pyridine rings is 1. The number of nitrogens with zero attached hydrogens (tertiary/aromatic N) is 2. The number of aromatic nitrogens is 1. The highest BCUT2D eigenvalue weighted by Gasteiger charge is 2.28. The molecule has 0 spiro atoms. The van der Waals surface area contributed by atoms with Gasteiger partial charge in [0.15, 0.2) is 0 Å². The maximum atomic E-state index is 11.5. The second kappa shape index (κ2) is 5.90. The van der Waals surface area contributed by atoms with E-state index >= 15 is 0 Å². The van der Waals surface area contributed by atoms with Crippen molar-refractivity contribution >= 4 is 22.7 Å². The summed E-state index contributed by atoms with van der Waals surface area (Å²) < 4.78 is 0. The zero-order valence-electron chi connectivity index (χ0n) is 12.0. The number of hydrogen-bond acceptors (Lipinski definition) is 5. The molecule has 6 heteroatoms. The van der Waals surface area contributed by atoms with Crippen LogP contribution in [0.2, 0.25) is 0 Å². The van der Waals surface area contributed by atoms with Crippen molar-refractivity contribution in [2.45, 2.75) is 12.5 Å². The number of aromatic carboxylic acids is 1. The number of fused-ring (bicyclic) bond motifs is 1. The summed E-state index contributed by atoms with van der Waals surface area (Å²) >= 11 is 0. The number of piperidine rings is 1. The van der Waals surface area contributed by atoms with E-state index in [1.54, 1.807) is 24.3 Å². The van der Waals surface area contributed by atoms with E-state index in [1.165, 1.54) is 0 Å². The van der Waals surface area contributed by atoms with Gasteiger partial charge in [-0.2, -0.15) is 0 Å². The van der Waals surface area contributed by atoms with Crippen LogP contribution in [0.25, 0.3) is 10.9 Å². The maximum Gasteiger partial charge on any atom is 0.336 e. The third-order valence-corrected chi connectivity index (χ3v) is 4.21. The van der Waals surface area contributed by atoms with Crippen molar-refractivity contribution < 1.29 is 20.1 Å². The largest absolute Gasteiger partial charge is 0.478 e. The molecule has 3 N–H and O–H groups in total. The van der Waals surface area contributed by atoms with Crippen LogP contribution in [-0.2, 0) is 0 Å². The fourth-order valence-corrected chi connectivity index (χ4v) is 2.90. The average molecular weight is 302 g/mol. The Balaban J connectivity index is 1.99. The number of β-amino-alcohol motifs (C(OH)–C–C–N with tert-alkyl or cyclic N) is 1. The number of para-hydroxylation sites is 1. The molecule has 0 bridgehead atoms. The smallest absolute Gasteiger partial charge is 0.336 e. The van der Waals surface area contributed by atoms with Crippen LogP contribution in [0.1, 0.15) is 16.8 Å². The predicted molar refractivity (Wildman–Crippen MR) is 82.1 cm³/mol. The SMILES string of the molecule is O=C(O)c1cc(N2CC[C@H](CO)[C@H](O)C2)nc2ccccc12. The van der Waals surface area contributed by atoms with Crippen LogP contribution in [-0.4, -0.2) is 52.1 Å². The van der Waals surface area contributed by atoms with Crippen molar-refractivity contribution in [3.8, 4) is 0 Å². The van der Waals surface area contributed by atoms with Gasteiger partial charge in [0.1, 0.15) is 5.82 Å². The Morgan fingerprint density at radius 3 is 2.82 bits per heavy atom. The Morgan fingerprint density at radius 2 is 2.14 bits per heavy atom. The van der Waals surface area contributed by atoms with Gasteiger partial charge >= 0.3 is 5.97 Å². The number of carboxylic acid groups (broad SMARTS) is 1. The monoisotopic (exact) mass is 302 g/mol. The van der Waals surface area contributed by atoms with Crippen molar-refractivity contribution in [3.05, 3.63) is 35.9 Å². The summed E-state index contributed by atoms with van der Waals surface area (Å²) in [6.07, 6.45) is 0.00879. The molecule has 0 saturated carbocycles. The fraction of sp³-hybridized carbons (Fsp3) is 0.375. The molecule has 0 unspecified atom stereocenters. The Bertz CT molecular complexity index is 704. The van der Waals surface area contributed by atoms with Crippen LogP contribution in [0.5, 0.6) is 0 Å². The first-order valence-electron chi connectivity index (χ1n) is 7.27. The Hall–Kier alpha value is -2.18. The third-order valence-electron chi connectivity index (χ3n) is 4.21. The van der Waals surface area contributed by atoms with Crippen LogP contribution >= 0.6 is 0 Å². The summed E-state index contributed by atoms with van der Waals surface area (Å²) in [5, 5.41) is 29.3. The highest BCUT2D eigenvalue weighted by molar-refractivity contribution is 6.03. The van der Waals surface area contributed by atoms with Crippen LogP contribution in [0.3, 0.4) is 0 Å². The number of anilines is 1. The third kappa shape index (κ3) is 2.63. The molecule has 0 aliphatic carbocycles. The summed E-state index contributed by atoms with van der Waals surface area (Å²) in [6, 6.07) is 8.67. The van der Waals surface area contributed by atoms with Gasteiger partial charge in [0.25, 0.3) is 0 Å². The topological polar surface area (TPSA) is 93.9 Å². The lowest BCUT2D eigenvalue weighted by atomic mass is 9.94. The fourth-order valence-electron chi connectivity index (χ4n) is 2.90. The second-order valence-electron chi connectivity index (χ2n) is 5.60. The van der Waals surface area contributed by atoms with Gasteiger partial charge in [-0.1, -0.05) is 18.2 Å². The van der Waals surface area contributed by atoms with Crippen LogP contribution < -0.4 is 4.90 Å². The van der Waals surface area contributed by atoms with Crippen molar-refractivity contribution in [2.24, 2.45) is 5.92 Å². The minimum Gasteiger partial charge on any atom is -0.478 e. The average Bonchev–Trinajstić information content (AvgIpc) is 2.53. The molecular weight excluding hydrogens is 284 g/mol. The number of benzene rings is 1. The van der Waals surface area contributed by atoms with Gasteiger partial charge in [-0.05, 0) is 18.6 Å². The quantitative estimate of drug-likeness (QED) is 0.786. The first-order chi connectivity index (χ1) is 10.6. The van der Waals surface area contributed by atoms with Crippen molar-refractivity contribution in [1.82, 2.24) is 4.98 Å². The van der Waals surface area contributed by atoms with Gasteiger partial charge in [-0.15, -0.1) is 0 Å². The lowest BCUT2D eigenvalue weighted by Gasteiger charge is -2.36. The zero-order chi connectivity index (χ0) is 15.7. The van der Waals surface area contributed by atoms with E-state index < -0.39 is 12.1 Å². The highest BCUT2D eigenvalue weighted by atomic mass is 16.4. The van der Waals surface area contributed by atoms with Gasteiger partial charge in [-0.25, -0.2) is 9.78 Å². The van der Waals surface area contributed by atoms with Crippen molar-refractivity contribution in [1.29, 1.82) is 0 Å². The van der Waals surface area contributed by atoms with E-state index in [4.69, 9.17) is 0 Å². The number of carbonyl (C=O) groups is 1. The molecule has 6 nitrogen and oxygen atoms in total. The number of aliphatic hydroxyl groups excluding tert-OH is 2. The Labute approximate surface area is 127 Å². The van der Waals surface area contributed by atoms with Crippen LogP contribution in [0.15, 0.2) is 30.3 Å². The molecular formula is C16H18N2O4. The maximum absolute atomic E-state index is 11.5. The number of rotatable bonds is 3. The van der Waals surface area contributed by atoms with Gasteiger partial charge in [0.05, 0.1) is 17.2 Å². The lowest BCUT2D eigenvalue weighted by Crippen LogP contribution is -2.45. The predicted octanol–water partition coefficient (Wildman–Crippen LogP) is 1.11. The van der Waals surface area contributed by atoms with E-state index in [0.717, 1.165) is 0 Å². The van der Waals surface area contributed by atoms with E-state index in [9.17, 15) is 20.1 Å². The van der Waals surface area contributed by atoms with Crippen molar-refractivity contribution in [3.63, 3.8) is 0 Å². The minimum atomic E-state index is -0.995. The summed E-state index contributed by atoms with van der Waals surface area (Å²) in [6.45, 7) is 0.933. The zero-order valence-corrected chi connectivity index (χ0v) is 12.0. The van der Waals surface area contributed by atoms with Crippen LogP contribution in [0, 0.1) is 5.92 Å². The van der Waals surface area contributed by atoms with Gasteiger partial charge in [-0.3, -0.25) is 0 Å². The summed E-state index contributed by atoms with van der Waals surface area (Å²) in [5.74, 6) is -0.576. The number of carboxylic acids is 1. The highest BCUT2D eigenvalue weighted by Crippen LogP contribution is 2.26. The molecule has 2 aromatic rings. The number of aliphatic hydroxyl groups is 2. The molecule has 1 aliphatic rings. The van der Waals surface area contributed by atoms with Crippen molar-refractivity contribution in [2.75, 3.05) is 24.6 Å². The van der Waals surface area contributed by atoms with E-state index in [-0.39, 0.29) is 18.1 Å². The molecule has 0 radical (unpaired) electrons. The summed E-state index contributed by atoms with van der Waals surface area (Å²) in [5.41, 5.74) is 0.829. The van der Waals surface area contributed by atoms with Gasteiger partial charge in [0, 0.05) is 31.0 Å².